The van der Waals surface area contributed by atoms with Crippen molar-refractivity contribution in [1.82, 2.24) is 19.7 Å². The maximum Gasteiger partial charge on any atom is 0.224 e. The summed E-state index contributed by atoms with van der Waals surface area (Å²) >= 11 is 3.50. The molecule has 0 atom stereocenters. The molecule has 0 unspecified atom stereocenters. The number of aromatic nitrogens is 4. The van der Waals surface area contributed by atoms with Gasteiger partial charge >= 0.3 is 0 Å². The molecule has 2 aromatic heterocycles. The molecule has 0 saturated heterocycles. The van der Waals surface area contributed by atoms with Crippen molar-refractivity contribution in [1.29, 1.82) is 0 Å². The van der Waals surface area contributed by atoms with Gasteiger partial charge in [0.25, 0.3) is 0 Å². The lowest BCUT2D eigenvalue weighted by Gasteiger charge is -2.05. The van der Waals surface area contributed by atoms with Crippen molar-refractivity contribution < 1.29 is 0 Å². The normalized spacial score (nSPS) is 10.6. The maximum atomic E-state index is 4.43. The largest absolute Gasteiger partial charge is 0.354 e. The Morgan fingerprint density at radius 1 is 1.41 bits per heavy atom. The Balaban J connectivity index is 2.45. The molecule has 0 bridgehead atoms. The number of halogens is 1. The molecule has 0 radical (unpaired) electrons. The fourth-order valence-corrected chi connectivity index (χ4v) is 1.80. The van der Waals surface area contributed by atoms with Gasteiger partial charge in [-0.1, -0.05) is 0 Å². The molecule has 90 valence electrons. The first kappa shape index (κ1) is 12.0. The molecule has 0 fully saturated rings. The summed E-state index contributed by atoms with van der Waals surface area (Å²) in [6, 6.07) is 1.84. The van der Waals surface area contributed by atoms with Crippen molar-refractivity contribution in [2.75, 3.05) is 11.9 Å². The van der Waals surface area contributed by atoms with Crippen molar-refractivity contribution >= 4 is 21.9 Å². The van der Waals surface area contributed by atoms with Crippen LogP contribution in [0.1, 0.15) is 18.3 Å². The molecule has 2 heterocycles. The van der Waals surface area contributed by atoms with E-state index in [0.717, 1.165) is 28.2 Å². The monoisotopic (exact) mass is 295 g/mol. The molecule has 5 nitrogen and oxygen atoms in total. The van der Waals surface area contributed by atoms with Crippen LogP contribution in [-0.2, 0) is 0 Å². The summed E-state index contributed by atoms with van der Waals surface area (Å²) < 4.78 is 2.82. The molecular weight excluding hydrogens is 282 g/mol. The molecule has 2 aromatic rings. The average Bonchev–Trinajstić information content (AvgIpc) is 2.58. The molecule has 2 rings (SSSR count). The number of nitrogens with zero attached hydrogens (tertiary/aromatic N) is 4. The first-order valence-corrected chi connectivity index (χ1v) is 6.21. The van der Waals surface area contributed by atoms with E-state index in [1.165, 1.54) is 0 Å². The van der Waals surface area contributed by atoms with Crippen LogP contribution in [-0.4, -0.2) is 26.3 Å². The van der Waals surface area contributed by atoms with E-state index < -0.39 is 0 Å². The van der Waals surface area contributed by atoms with Crippen molar-refractivity contribution in [3.63, 3.8) is 0 Å². The first-order valence-electron chi connectivity index (χ1n) is 5.42. The van der Waals surface area contributed by atoms with Crippen molar-refractivity contribution in [3.8, 4) is 5.82 Å². The number of rotatable bonds is 3. The zero-order valence-electron chi connectivity index (χ0n) is 10.0. The first-order chi connectivity index (χ1) is 8.13. The molecule has 0 spiro atoms. The number of nitrogens with one attached hydrogen (secondary N) is 1. The zero-order valence-corrected chi connectivity index (χ0v) is 11.6. The molecule has 17 heavy (non-hydrogen) atoms. The Kier molecular flexibility index (Phi) is 3.42. The van der Waals surface area contributed by atoms with Gasteiger partial charge in [0.1, 0.15) is 0 Å². The van der Waals surface area contributed by atoms with E-state index >= 15 is 0 Å². The van der Waals surface area contributed by atoms with Crippen LogP contribution in [0.15, 0.2) is 16.7 Å². The maximum absolute atomic E-state index is 4.43. The predicted molar refractivity (Wildman–Crippen MR) is 70.5 cm³/mol. The lowest BCUT2D eigenvalue weighted by molar-refractivity contribution is 0.801. The van der Waals surface area contributed by atoms with E-state index in [1.54, 1.807) is 6.20 Å². The topological polar surface area (TPSA) is 55.6 Å². The van der Waals surface area contributed by atoms with Crippen LogP contribution < -0.4 is 5.32 Å². The van der Waals surface area contributed by atoms with Gasteiger partial charge < -0.3 is 5.32 Å². The van der Waals surface area contributed by atoms with E-state index in [9.17, 15) is 0 Å². The Hall–Kier alpha value is -1.43. The van der Waals surface area contributed by atoms with Gasteiger partial charge in [-0.05, 0) is 36.7 Å². The highest BCUT2D eigenvalue weighted by Crippen LogP contribution is 2.22. The molecule has 6 heteroatoms. The molecule has 0 aliphatic rings. The third-order valence-corrected chi connectivity index (χ3v) is 3.54. The molecule has 0 aromatic carbocycles. The summed E-state index contributed by atoms with van der Waals surface area (Å²) in [5.74, 6) is 1.39. The average molecular weight is 296 g/mol. The highest BCUT2D eigenvalue weighted by molar-refractivity contribution is 9.10. The van der Waals surface area contributed by atoms with E-state index in [2.05, 4.69) is 36.3 Å². The SMILES string of the molecule is CCNc1nccc(-n2nc(C)c(Br)c2C)n1. The lowest BCUT2D eigenvalue weighted by atomic mass is 10.4. The second kappa shape index (κ2) is 4.83. The molecule has 0 amide bonds. The van der Waals surface area contributed by atoms with Crippen LogP contribution in [0.3, 0.4) is 0 Å². The summed E-state index contributed by atoms with van der Waals surface area (Å²) in [6.07, 6.45) is 1.73. The Bertz CT molecular complexity index is 535. The molecule has 0 saturated carbocycles. The van der Waals surface area contributed by atoms with Gasteiger partial charge in [-0.25, -0.2) is 9.67 Å². The lowest BCUT2D eigenvalue weighted by Crippen LogP contribution is -2.07. The number of hydrogen-bond donors (Lipinski definition) is 1. The van der Waals surface area contributed by atoms with Crippen molar-refractivity contribution in [3.05, 3.63) is 28.1 Å². The van der Waals surface area contributed by atoms with Gasteiger partial charge in [0, 0.05) is 18.8 Å². The van der Waals surface area contributed by atoms with E-state index in [1.807, 2.05) is 31.5 Å². The standard InChI is InChI=1S/C11H14BrN5/c1-4-13-11-14-6-5-9(15-11)17-8(3)10(12)7(2)16-17/h5-6H,4H2,1-3H3,(H,13,14,15). The van der Waals surface area contributed by atoms with E-state index in [4.69, 9.17) is 0 Å². The fourth-order valence-electron chi connectivity index (χ4n) is 1.56. The molecule has 1 N–H and O–H groups in total. The van der Waals surface area contributed by atoms with Crippen LogP contribution in [0.5, 0.6) is 0 Å². The summed E-state index contributed by atoms with van der Waals surface area (Å²) in [5.41, 5.74) is 1.98. The summed E-state index contributed by atoms with van der Waals surface area (Å²) in [4.78, 5) is 8.54. The van der Waals surface area contributed by atoms with Gasteiger partial charge in [-0.15, -0.1) is 0 Å². The Morgan fingerprint density at radius 3 is 2.76 bits per heavy atom. The van der Waals surface area contributed by atoms with Crippen LogP contribution in [0.4, 0.5) is 5.95 Å². The van der Waals surface area contributed by atoms with Gasteiger partial charge in [0.05, 0.1) is 15.9 Å². The number of anilines is 1. The molecular formula is C11H14BrN5. The van der Waals surface area contributed by atoms with Gasteiger partial charge in [0.2, 0.25) is 5.95 Å². The number of aryl methyl sites for hydroxylation is 1. The highest BCUT2D eigenvalue weighted by atomic mass is 79.9. The second-order valence-electron chi connectivity index (χ2n) is 3.67. The van der Waals surface area contributed by atoms with Crippen molar-refractivity contribution in [2.45, 2.75) is 20.8 Å². The van der Waals surface area contributed by atoms with Gasteiger partial charge in [-0.2, -0.15) is 10.1 Å². The summed E-state index contributed by atoms with van der Waals surface area (Å²) in [7, 11) is 0. The van der Waals surface area contributed by atoms with Crippen LogP contribution >= 0.6 is 15.9 Å². The van der Waals surface area contributed by atoms with E-state index in [0.29, 0.717) is 5.95 Å². The molecule has 0 aliphatic carbocycles. The Labute approximate surface area is 108 Å². The van der Waals surface area contributed by atoms with Crippen LogP contribution in [0, 0.1) is 13.8 Å². The fraction of sp³-hybridized carbons (Fsp3) is 0.364. The smallest absolute Gasteiger partial charge is 0.224 e. The summed E-state index contributed by atoms with van der Waals surface area (Å²) in [5, 5.41) is 7.52. The van der Waals surface area contributed by atoms with Crippen LogP contribution in [0.2, 0.25) is 0 Å². The van der Waals surface area contributed by atoms with Crippen molar-refractivity contribution in [2.24, 2.45) is 0 Å². The Morgan fingerprint density at radius 2 is 2.18 bits per heavy atom. The summed E-state index contributed by atoms with van der Waals surface area (Å²) in [6.45, 7) is 6.76. The predicted octanol–water partition coefficient (Wildman–Crippen LogP) is 2.47. The van der Waals surface area contributed by atoms with Gasteiger partial charge in [-0.3, -0.25) is 0 Å². The minimum absolute atomic E-state index is 0.619. The van der Waals surface area contributed by atoms with Crippen LogP contribution in [0.25, 0.3) is 5.82 Å². The minimum atomic E-state index is 0.619. The molecule has 0 aliphatic heterocycles. The highest BCUT2D eigenvalue weighted by Gasteiger charge is 2.11. The number of hydrogen-bond acceptors (Lipinski definition) is 4. The quantitative estimate of drug-likeness (QED) is 0.945. The second-order valence-corrected chi connectivity index (χ2v) is 4.46. The minimum Gasteiger partial charge on any atom is -0.354 e. The third-order valence-electron chi connectivity index (χ3n) is 2.40. The third kappa shape index (κ3) is 2.31. The van der Waals surface area contributed by atoms with E-state index in [-0.39, 0.29) is 0 Å². The zero-order chi connectivity index (χ0) is 12.4. The van der Waals surface area contributed by atoms with Gasteiger partial charge in [0.15, 0.2) is 5.82 Å².